The van der Waals surface area contributed by atoms with E-state index in [0.29, 0.717) is 17.0 Å². The molecule has 0 fully saturated rings. The van der Waals surface area contributed by atoms with Crippen molar-refractivity contribution in [3.63, 3.8) is 0 Å². The Balaban J connectivity index is 3.81. The highest BCUT2D eigenvalue weighted by atomic mass is 32.3. The zero-order chi connectivity index (χ0) is 23.5. The van der Waals surface area contributed by atoms with Crippen LogP contribution >= 0.6 is 0 Å². The molecular weight excluding hydrogens is 461 g/mol. The first-order valence-electron chi connectivity index (χ1n) is 8.15. The van der Waals surface area contributed by atoms with Crippen molar-refractivity contribution in [1.29, 1.82) is 0 Å². The number of hydrogen-bond acceptors (Lipinski definition) is 9. The van der Waals surface area contributed by atoms with Gasteiger partial charge in [-0.1, -0.05) is 18.0 Å². The van der Waals surface area contributed by atoms with Crippen molar-refractivity contribution in [3.05, 3.63) is 32.4 Å². The molecule has 1 rings (SSSR count). The summed E-state index contributed by atoms with van der Waals surface area (Å²) in [6.07, 6.45) is 0.833. The fraction of sp³-hybridized carbons (Fsp3) is 0.538. The molecule has 1 aromatic rings. The quantitative estimate of drug-likeness (QED) is 0.391. The van der Waals surface area contributed by atoms with E-state index in [2.05, 4.69) is 0 Å². The maximum atomic E-state index is 12.5. The molecule has 12 nitrogen and oxygen atoms in total. The second-order valence-corrected chi connectivity index (χ2v) is 9.46. The fourth-order valence-electron chi connectivity index (χ4n) is 2.45. The molecule has 170 valence electrons. The van der Waals surface area contributed by atoms with Crippen LogP contribution in [0.25, 0.3) is 0 Å². The topological polar surface area (TPSA) is 170 Å². The Bertz CT molecular complexity index is 1000. The molecule has 0 heterocycles. The summed E-state index contributed by atoms with van der Waals surface area (Å²) in [6, 6.07) is 0.545. The molecule has 0 saturated carbocycles. The molecule has 0 aliphatic carbocycles. The Morgan fingerprint density at radius 3 is 1.67 bits per heavy atom. The Morgan fingerprint density at radius 1 is 0.967 bits per heavy atom. The summed E-state index contributed by atoms with van der Waals surface area (Å²) in [5.74, 6) is 0. The number of nitro benzene ring substituents is 2. The van der Waals surface area contributed by atoms with Crippen LogP contribution in [-0.4, -0.2) is 45.3 Å². The first-order chi connectivity index (χ1) is 13.6. The summed E-state index contributed by atoms with van der Waals surface area (Å²) in [4.78, 5) is 20.6. The van der Waals surface area contributed by atoms with Crippen LogP contribution < -0.4 is 9.03 Å². The van der Waals surface area contributed by atoms with Gasteiger partial charge in [0.25, 0.3) is 10.0 Å². The van der Waals surface area contributed by atoms with Gasteiger partial charge in [0, 0.05) is 25.2 Å². The summed E-state index contributed by atoms with van der Waals surface area (Å²) >= 11 is 0. The highest BCUT2D eigenvalue weighted by molar-refractivity contribution is 8.05. The summed E-state index contributed by atoms with van der Waals surface area (Å²) in [5.41, 5.74) is -8.69. The Morgan fingerprint density at radius 2 is 1.37 bits per heavy atom. The van der Waals surface area contributed by atoms with Gasteiger partial charge >= 0.3 is 26.9 Å². The van der Waals surface area contributed by atoms with Gasteiger partial charge in [-0.15, -0.1) is 0 Å². The zero-order valence-electron chi connectivity index (χ0n) is 15.5. The van der Waals surface area contributed by atoms with Gasteiger partial charge in [-0.25, -0.2) is 16.8 Å². The summed E-state index contributed by atoms with van der Waals surface area (Å²) < 4.78 is 84.4. The molecule has 0 unspecified atom stereocenters. The average molecular weight is 478 g/mol. The third kappa shape index (κ3) is 5.54. The molecule has 1 N–H and O–H groups in total. The molecule has 30 heavy (non-hydrogen) atoms. The largest absolute Gasteiger partial charge is 0.512 e. The van der Waals surface area contributed by atoms with Crippen LogP contribution in [0, 0.1) is 20.2 Å². The highest BCUT2D eigenvalue weighted by Gasteiger charge is 2.49. The van der Waals surface area contributed by atoms with Gasteiger partial charge < -0.3 is 4.90 Å². The molecule has 17 heteroatoms. The van der Waals surface area contributed by atoms with Crippen molar-refractivity contribution in [1.82, 2.24) is 4.13 Å². The lowest BCUT2D eigenvalue weighted by Gasteiger charge is -2.23. The van der Waals surface area contributed by atoms with Crippen molar-refractivity contribution in [2.45, 2.75) is 37.1 Å². The smallest absolute Gasteiger partial charge is 0.360 e. The van der Waals surface area contributed by atoms with E-state index >= 15 is 0 Å². The number of alkyl halides is 3. The molecule has 0 bridgehead atoms. The SMILES string of the molecule is CCCN(CCC)c1c([N+](=O)[O-])cc(S(=O)(=O)NS(=O)(=O)C(F)(F)F)cc1[N+](=O)[O-]. The van der Waals surface area contributed by atoms with Crippen molar-refractivity contribution in [3.8, 4) is 0 Å². The van der Waals surface area contributed by atoms with Crippen molar-refractivity contribution in [2.24, 2.45) is 0 Å². The normalized spacial score (nSPS) is 12.6. The molecule has 0 aliphatic heterocycles. The van der Waals surface area contributed by atoms with E-state index in [-0.39, 0.29) is 25.2 Å². The molecule has 0 saturated heterocycles. The maximum absolute atomic E-state index is 12.5. The van der Waals surface area contributed by atoms with Gasteiger partial charge in [0.2, 0.25) is 0 Å². The van der Waals surface area contributed by atoms with E-state index in [9.17, 15) is 50.2 Å². The lowest BCUT2D eigenvalue weighted by atomic mass is 10.2. The van der Waals surface area contributed by atoms with Crippen LogP contribution in [0.5, 0.6) is 0 Å². The van der Waals surface area contributed by atoms with Gasteiger partial charge in [0.15, 0.2) is 5.69 Å². The van der Waals surface area contributed by atoms with Crippen LogP contribution in [0.3, 0.4) is 0 Å². The van der Waals surface area contributed by atoms with Gasteiger partial charge in [-0.2, -0.15) is 13.2 Å². The molecule has 0 aromatic heterocycles. The predicted octanol–water partition coefficient (Wildman–Crippen LogP) is 2.26. The number of hydrogen-bond donors (Lipinski definition) is 1. The predicted molar refractivity (Wildman–Crippen MR) is 97.8 cm³/mol. The van der Waals surface area contributed by atoms with Gasteiger partial charge in [-0.05, 0) is 12.8 Å². The lowest BCUT2D eigenvalue weighted by molar-refractivity contribution is -0.393. The monoisotopic (exact) mass is 478 g/mol. The molecule has 0 atom stereocenters. The van der Waals surface area contributed by atoms with E-state index in [1.807, 2.05) is 0 Å². The van der Waals surface area contributed by atoms with Gasteiger partial charge in [-0.3, -0.25) is 20.2 Å². The van der Waals surface area contributed by atoms with E-state index in [4.69, 9.17) is 0 Å². The molecular formula is C13H17F3N4O8S2. The Hall–Kier alpha value is -2.53. The van der Waals surface area contributed by atoms with Crippen molar-refractivity contribution in [2.75, 3.05) is 18.0 Å². The van der Waals surface area contributed by atoms with Crippen molar-refractivity contribution < 1.29 is 39.9 Å². The zero-order valence-corrected chi connectivity index (χ0v) is 17.2. The van der Waals surface area contributed by atoms with Crippen LogP contribution in [-0.2, 0) is 20.0 Å². The molecule has 0 amide bonds. The Labute approximate surface area is 169 Å². The van der Waals surface area contributed by atoms with E-state index in [1.165, 1.54) is 4.90 Å². The maximum Gasteiger partial charge on any atom is 0.512 e. The minimum Gasteiger partial charge on any atom is -0.360 e. The summed E-state index contributed by atoms with van der Waals surface area (Å²) in [7, 11) is -12.0. The molecule has 1 aromatic carbocycles. The van der Waals surface area contributed by atoms with Gasteiger partial charge in [0.1, 0.15) is 0 Å². The fourth-order valence-corrected chi connectivity index (χ4v) is 4.90. The first kappa shape index (κ1) is 25.5. The van der Waals surface area contributed by atoms with Crippen LogP contribution in [0.15, 0.2) is 17.0 Å². The van der Waals surface area contributed by atoms with Gasteiger partial charge in [0.05, 0.1) is 14.7 Å². The minimum atomic E-state index is -6.40. The Kier molecular flexibility index (Phi) is 7.73. The summed E-state index contributed by atoms with van der Waals surface area (Å²) in [5, 5.41) is 23.0. The molecule has 0 spiro atoms. The van der Waals surface area contributed by atoms with Crippen molar-refractivity contribution >= 4 is 37.1 Å². The number of nitrogens with zero attached hydrogens (tertiary/aromatic N) is 3. The first-order valence-corrected chi connectivity index (χ1v) is 11.1. The minimum absolute atomic E-state index is 0.127. The van der Waals surface area contributed by atoms with E-state index in [1.54, 1.807) is 13.8 Å². The molecule has 0 radical (unpaired) electrons. The standard InChI is InChI=1S/C13H17F3N4O8S2/c1-3-5-18(6-4-2)12-10(19(21)22)7-9(8-11(12)20(23)24)29(25,26)17-30(27,28)13(14,15)16/h7-8,17H,3-6H2,1-2H3. The average Bonchev–Trinajstić information content (AvgIpc) is 2.58. The number of anilines is 1. The number of sulfonamides is 2. The second kappa shape index (κ2) is 9.09. The van der Waals surface area contributed by atoms with E-state index in [0.717, 1.165) is 0 Å². The van der Waals surface area contributed by atoms with E-state index < -0.39 is 57.4 Å². The third-order valence-corrected chi connectivity index (χ3v) is 6.80. The summed E-state index contributed by atoms with van der Waals surface area (Å²) in [6.45, 7) is 3.63. The molecule has 0 aliphatic rings. The third-order valence-electron chi connectivity index (χ3n) is 3.57. The lowest BCUT2D eigenvalue weighted by Crippen LogP contribution is -2.40. The number of halogens is 3. The van der Waals surface area contributed by atoms with Crippen LogP contribution in [0.2, 0.25) is 0 Å². The van der Waals surface area contributed by atoms with Crippen LogP contribution in [0.1, 0.15) is 26.7 Å². The number of nitrogens with one attached hydrogen (secondary N) is 1. The highest BCUT2D eigenvalue weighted by Crippen LogP contribution is 2.40. The number of benzene rings is 1. The number of rotatable bonds is 10. The number of nitro groups is 2. The van der Waals surface area contributed by atoms with Crippen LogP contribution in [0.4, 0.5) is 30.2 Å². The second-order valence-electron chi connectivity index (χ2n) is 5.85.